The van der Waals surface area contributed by atoms with E-state index < -0.39 is 47.7 Å². The summed E-state index contributed by atoms with van der Waals surface area (Å²) >= 11 is 0. The Bertz CT molecular complexity index is 752. The molecule has 0 atom stereocenters. The van der Waals surface area contributed by atoms with Crippen molar-refractivity contribution in [2.24, 2.45) is 0 Å². The molecule has 1 spiro atoms. The summed E-state index contributed by atoms with van der Waals surface area (Å²) in [6, 6.07) is 0. The fourth-order valence-corrected chi connectivity index (χ4v) is 2.97. The van der Waals surface area contributed by atoms with Crippen molar-refractivity contribution in [2.75, 3.05) is 33.4 Å². The van der Waals surface area contributed by atoms with Gasteiger partial charge < -0.3 is 34.3 Å². The van der Waals surface area contributed by atoms with Crippen molar-refractivity contribution in [3.8, 4) is 0 Å². The second kappa shape index (κ2) is 9.94. The smallest absolute Gasteiger partial charge is 0.354 e. The van der Waals surface area contributed by atoms with Crippen LogP contribution in [0.2, 0.25) is 0 Å². The van der Waals surface area contributed by atoms with Gasteiger partial charge in [-0.25, -0.2) is 4.79 Å². The maximum atomic E-state index is 12.3. The van der Waals surface area contributed by atoms with Crippen molar-refractivity contribution >= 4 is 29.7 Å². The van der Waals surface area contributed by atoms with Crippen molar-refractivity contribution in [3.63, 3.8) is 0 Å². The molecule has 166 valence electrons. The third kappa shape index (κ3) is 5.61. The number of ether oxygens (including phenoxy) is 4. The number of nitrogens with one attached hydrogen (secondary N) is 1. The normalized spacial score (nSPS) is 17.7. The minimum atomic E-state index is -1.51. The number of amides is 2. The third-order valence-corrected chi connectivity index (χ3v) is 4.55. The maximum Gasteiger partial charge on any atom is 0.354 e. The molecule has 0 saturated carbocycles. The summed E-state index contributed by atoms with van der Waals surface area (Å²) < 4.78 is 19.7. The quantitative estimate of drug-likeness (QED) is 0.301. The molecule has 0 radical (unpaired) electrons. The first-order valence-electron chi connectivity index (χ1n) is 9.35. The van der Waals surface area contributed by atoms with Crippen molar-refractivity contribution in [3.05, 3.63) is 11.5 Å². The van der Waals surface area contributed by atoms with Gasteiger partial charge in [0, 0.05) is 32.4 Å². The molecule has 0 bridgehead atoms. The molecule has 2 amide bonds. The highest BCUT2D eigenvalue weighted by Crippen LogP contribution is 2.35. The van der Waals surface area contributed by atoms with E-state index >= 15 is 0 Å². The average Bonchev–Trinajstić information content (AvgIpc) is 2.70. The van der Waals surface area contributed by atoms with Crippen LogP contribution in [-0.4, -0.2) is 78.9 Å². The zero-order valence-corrected chi connectivity index (χ0v) is 16.7. The van der Waals surface area contributed by atoms with Crippen LogP contribution in [0.15, 0.2) is 11.5 Å². The van der Waals surface area contributed by atoms with E-state index in [1.54, 1.807) is 6.92 Å². The number of carbonyl (C=O) groups excluding carboxylic acids is 5. The van der Waals surface area contributed by atoms with Crippen molar-refractivity contribution < 1.29 is 48.0 Å². The molecule has 2 N–H and O–H groups in total. The van der Waals surface area contributed by atoms with E-state index in [4.69, 9.17) is 9.47 Å². The van der Waals surface area contributed by atoms with Gasteiger partial charge in [0.05, 0.1) is 20.1 Å². The Balaban J connectivity index is 1.94. The van der Waals surface area contributed by atoms with Crippen molar-refractivity contribution in [1.82, 2.24) is 10.2 Å². The summed E-state index contributed by atoms with van der Waals surface area (Å²) in [5.41, 5.74) is -0.762. The number of aliphatic hydroxyl groups excluding tert-OH is 1. The highest BCUT2D eigenvalue weighted by molar-refractivity contribution is 6.17. The zero-order valence-electron chi connectivity index (χ0n) is 16.7. The van der Waals surface area contributed by atoms with Crippen LogP contribution < -0.4 is 5.32 Å². The van der Waals surface area contributed by atoms with Crippen molar-refractivity contribution in [1.29, 1.82) is 0 Å². The molecule has 2 aliphatic heterocycles. The van der Waals surface area contributed by atoms with E-state index in [9.17, 15) is 29.1 Å². The summed E-state index contributed by atoms with van der Waals surface area (Å²) in [4.78, 5) is 60.5. The standard InChI is InChI=1S/C18H24N2O10/c1-3-28-13(23)10-19-15(24)14-16(25)29-18(30-17(14)26)6-8-20(9-7-18)11(21)4-5-12(22)27-2/h25H,3-10H2,1-2H3,(H,19,24). The second-order valence-corrected chi connectivity index (χ2v) is 6.53. The lowest BCUT2D eigenvalue weighted by Crippen LogP contribution is -2.53. The second-order valence-electron chi connectivity index (χ2n) is 6.53. The highest BCUT2D eigenvalue weighted by atomic mass is 16.8. The van der Waals surface area contributed by atoms with Gasteiger partial charge in [-0.05, 0) is 6.92 Å². The van der Waals surface area contributed by atoms with Crippen LogP contribution in [0.3, 0.4) is 0 Å². The molecule has 0 aromatic heterocycles. The molecule has 0 aromatic carbocycles. The summed E-state index contributed by atoms with van der Waals surface area (Å²) in [7, 11) is 1.23. The number of aliphatic hydroxyl groups is 1. The minimum absolute atomic E-state index is 0.0176. The number of rotatable bonds is 7. The monoisotopic (exact) mass is 428 g/mol. The van der Waals surface area contributed by atoms with Crippen LogP contribution in [-0.2, 0) is 42.9 Å². The maximum absolute atomic E-state index is 12.3. The van der Waals surface area contributed by atoms with Crippen LogP contribution in [0.4, 0.5) is 0 Å². The molecule has 12 nitrogen and oxygen atoms in total. The van der Waals surface area contributed by atoms with Crippen molar-refractivity contribution in [2.45, 2.75) is 38.4 Å². The van der Waals surface area contributed by atoms with E-state index in [0.29, 0.717) is 0 Å². The minimum Gasteiger partial charge on any atom is -0.480 e. The average molecular weight is 428 g/mol. The molecule has 30 heavy (non-hydrogen) atoms. The Morgan fingerprint density at radius 1 is 1.13 bits per heavy atom. The number of piperidine rings is 1. The van der Waals surface area contributed by atoms with E-state index in [2.05, 4.69) is 14.8 Å². The predicted molar refractivity (Wildman–Crippen MR) is 96.3 cm³/mol. The highest BCUT2D eigenvalue weighted by Gasteiger charge is 2.48. The first-order valence-corrected chi connectivity index (χ1v) is 9.35. The van der Waals surface area contributed by atoms with Gasteiger partial charge in [0.1, 0.15) is 6.54 Å². The molecule has 0 unspecified atom stereocenters. The lowest BCUT2D eigenvalue weighted by molar-refractivity contribution is -0.252. The Kier molecular flexibility index (Phi) is 7.61. The SMILES string of the molecule is CCOC(=O)CNC(=O)C1=C(O)OC2(CCN(C(=O)CCC(=O)OC)CC2)OC1=O. The van der Waals surface area contributed by atoms with Gasteiger partial charge in [0.2, 0.25) is 11.5 Å². The first-order chi connectivity index (χ1) is 14.2. The zero-order chi connectivity index (χ0) is 22.3. The van der Waals surface area contributed by atoms with Crippen LogP contribution in [0.25, 0.3) is 0 Å². The Hall–Kier alpha value is -3.31. The summed E-state index contributed by atoms with van der Waals surface area (Å²) in [5.74, 6) is -6.05. The third-order valence-electron chi connectivity index (χ3n) is 4.55. The fourth-order valence-electron chi connectivity index (χ4n) is 2.97. The molecule has 0 aliphatic carbocycles. The summed E-state index contributed by atoms with van der Waals surface area (Å²) in [5, 5.41) is 12.2. The molecule has 2 aliphatic rings. The number of esters is 3. The molecular formula is C18H24N2O10. The number of hydrogen-bond donors (Lipinski definition) is 2. The molecular weight excluding hydrogens is 404 g/mol. The first kappa shape index (κ1) is 23.0. The Morgan fingerprint density at radius 3 is 2.37 bits per heavy atom. The summed E-state index contributed by atoms with van der Waals surface area (Å²) in [6.07, 6.45) is 0.0570. The van der Waals surface area contributed by atoms with Crippen LogP contribution in [0.5, 0.6) is 0 Å². The Labute approximate surface area is 172 Å². The molecule has 2 rings (SSSR count). The Morgan fingerprint density at radius 2 is 1.80 bits per heavy atom. The van der Waals surface area contributed by atoms with Crippen LogP contribution >= 0.6 is 0 Å². The predicted octanol–water partition coefficient (Wildman–Crippen LogP) is -0.719. The largest absolute Gasteiger partial charge is 0.480 e. The summed E-state index contributed by atoms with van der Waals surface area (Å²) in [6.45, 7) is 1.54. The fraction of sp³-hybridized carbons (Fsp3) is 0.611. The molecule has 0 aromatic rings. The van der Waals surface area contributed by atoms with Gasteiger partial charge in [-0.3, -0.25) is 19.2 Å². The van der Waals surface area contributed by atoms with Gasteiger partial charge in [0.25, 0.3) is 11.7 Å². The van der Waals surface area contributed by atoms with Gasteiger partial charge >= 0.3 is 23.9 Å². The van der Waals surface area contributed by atoms with Crippen LogP contribution in [0.1, 0.15) is 32.6 Å². The molecule has 1 saturated heterocycles. The van der Waals surface area contributed by atoms with Gasteiger partial charge in [0.15, 0.2) is 0 Å². The van der Waals surface area contributed by atoms with Gasteiger partial charge in [-0.15, -0.1) is 0 Å². The number of carbonyl (C=O) groups is 5. The topological polar surface area (TPSA) is 158 Å². The molecule has 12 heteroatoms. The van der Waals surface area contributed by atoms with Gasteiger partial charge in [-0.1, -0.05) is 0 Å². The lowest BCUT2D eigenvalue weighted by atomic mass is 10.0. The van der Waals surface area contributed by atoms with E-state index in [1.165, 1.54) is 12.0 Å². The van der Waals surface area contributed by atoms with Gasteiger partial charge in [-0.2, -0.15) is 0 Å². The van der Waals surface area contributed by atoms with E-state index in [-0.39, 0.29) is 51.3 Å². The number of methoxy groups -OCH3 is 1. The lowest BCUT2D eigenvalue weighted by Gasteiger charge is -2.42. The number of hydrogen-bond acceptors (Lipinski definition) is 10. The van der Waals surface area contributed by atoms with E-state index in [1.807, 2.05) is 0 Å². The van der Waals surface area contributed by atoms with E-state index in [0.717, 1.165) is 0 Å². The van der Waals surface area contributed by atoms with Crippen LogP contribution in [0, 0.1) is 0 Å². The number of likely N-dealkylation sites (tertiary alicyclic amines) is 1. The molecule has 2 heterocycles. The molecule has 1 fully saturated rings. The number of nitrogens with zero attached hydrogens (tertiary/aromatic N) is 1.